The minimum absolute atomic E-state index is 0.0448. The SMILES string of the molecule is COCCc1noc([C@@H]2CCCCN2C(=O)Cn2nc3ccccc3n2)n1. The maximum Gasteiger partial charge on any atom is 0.249 e. The molecule has 2 aromatic heterocycles. The van der Waals surface area contributed by atoms with Crippen LogP contribution in [0.5, 0.6) is 0 Å². The van der Waals surface area contributed by atoms with E-state index in [4.69, 9.17) is 9.26 Å². The Kier molecular flexibility index (Phi) is 5.10. The van der Waals surface area contributed by atoms with Crippen LogP contribution in [0.4, 0.5) is 0 Å². The lowest BCUT2D eigenvalue weighted by molar-refractivity contribution is -0.136. The lowest BCUT2D eigenvalue weighted by Gasteiger charge is -2.33. The molecule has 3 aromatic rings. The molecule has 4 rings (SSSR count). The Hall–Kier alpha value is -2.81. The van der Waals surface area contributed by atoms with Gasteiger partial charge in [-0.3, -0.25) is 4.79 Å². The van der Waals surface area contributed by atoms with Crippen LogP contribution in [0.3, 0.4) is 0 Å². The average molecular weight is 370 g/mol. The van der Waals surface area contributed by atoms with Crippen molar-refractivity contribution in [3.8, 4) is 0 Å². The summed E-state index contributed by atoms with van der Waals surface area (Å²) in [6, 6.07) is 7.38. The Balaban J connectivity index is 1.49. The van der Waals surface area contributed by atoms with E-state index in [1.165, 1.54) is 4.80 Å². The number of hydrogen-bond acceptors (Lipinski definition) is 7. The zero-order valence-corrected chi connectivity index (χ0v) is 15.2. The maximum absolute atomic E-state index is 12.9. The predicted octanol–water partition coefficient (Wildman–Crippen LogP) is 1.76. The van der Waals surface area contributed by atoms with Crippen LogP contribution in [0.1, 0.15) is 37.0 Å². The Bertz CT molecular complexity index is 888. The molecule has 27 heavy (non-hydrogen) atoms. The molecule has 1 aliphatic heterocycles. The third-order valence-electron chi connectivity index (χ3n) is 4.73. The molecule has 0 radical (unpaired) electrons. The van der Waals surface area contributed by atoms with E-state index in [1.54, 1.807) is 7.11 Å². The summed E-state index contributed by atoms with van der Waals surface area (Å²) in [6.07, 6.45) is 3.38. The number of fused-ring (bicyclic) bond motifs is 1. The van der Waals surface area contributed by atoms with Gasteiger partial charge in [-0.15, -0.1) is 0 Å². The van der Waals surface area contributed by atoms with Crippen molar-refractivity contribution in [2.75, 3.05) is 20.3 Å². The van der Waals surface area contributed by atoms with Crippen molar-refractivity contribution in [2.24, 2.45) is 0 Å². The van der Waals surface area contributed by atoms with E-state index in [0.29, 0.717) is 31.3 Å². The number of rotatable bonds is 6. The number of methoxy groups -OCH3 is 1. The van der Waals surface area contributed by atoms with Crippen molar-refractivity contribution >= 4 is 16.9 Å². The van der Waals surface area contributed by atoms with Gasteiger partial charge in [-0.1, -0.05) is 17.3 Å². The molecule has 9 nitrogen and oxygen atoms in total. The number of hydrogen-bond donors (Lipinski definition) is 0. The summed E-state index contributed by atoms with van der Waals surface area (Å²) in [5.41, 5.74) is 1.56. The van der Waals surface area contributed by atoms with Crippen LogP contribution in [0.2, 0.25) is 0 Å². The topological polar surface area (TPSA) is 99.2 Å². The van der Waals surface area contributed by atoms with Crippen LogP contribution in [-0.2, 0) is 22.5 Å². The second-order valence-corrected chi connectivity index (χ2v) is 6.61. The number of likely N-dealkylation sites (tertiary alicyclic amines) is 1. The molecule has 0 spiro atoms. The van der Waals surface area contributed by atoms with Gasteiger partial charge < -0.3 is 14.2 Å². The second kappa shape index (κ2) is 7.83. The molecule has 1 aliphatic rings. The lowest BCUT2D eigenvalue weighted by Crippen LogP contribution is -2.40. The summed E-state index contributed by atoms with van der Waals surface area (Å²) in [7, 11) is 1.63. The number of carbonyl (C=O) groups is 1. The molecule has 0 saturated carbocycles. The van der Waals surface area contributed by atoms with Crippen molar-refractivity contribution in [3.05, 3.63) is 36.0 Å². The van der Waals surface area contributed by atoms with Crippen molar-refractivity contribution in [1.29, 1.82) is 0 Å². The summed E-state index contributed by atoms with van der Waals surface area (Å²) < 4.78 is 10.5. The number of aromatic nitrogens is 5. The molecule has 1 atom stereocenters. The largest absolute Gasteiger partial charge is 0.384 e. The van der Waals surface area contributed by atoms with Gasteiger partial charge in [0.1, 0.15) is 23.6 Å². The minimum Gasteiger partial charge on any atom is -0.384 e. The number of carbonyl (C=O) groups excluding carboxylic acids is 1. The maximum atomic E-state index is 12.9. The predicted molar refractivity (Wildman–Crippen MR) is 95.7 cm³/mol. The third-order valence-corrected chi connectivity index (χ3v) is 4.73. The molecule has 0 bridgehead atoms. The summed E-state index contributed by atoms with van der Waals surface area (Å²) in [5, 5.41) is 12.8. The van der Waals surface area contributed by atoms with Crippen LogP contribution in [-0.4, -0.2) is 56.2 Å². The summed E-state index contributed by atoms with van der Waals surface area (Å²) >= 11 is 0. The monoisotopic (exact) mass is 370 g/mol. The van der Waals surface area contributed by atoms with E-state index in [9.17, 15) is 4.79 Å². The smallest absolute Gasteiger partial charge is 0.249 e. The molecule has 0 aliphatic carbocycles. The Morgan fingerprint density at radius 2 is 2.04 bits per heavy atom. The number of ether oxygens (including phenoxy) is 1. The molecule has 1 saturated heterocycles. The van der Waals surface area contributed by atoms with E-state index in [0.717, 1.165) is 30.3 Å². The molecule has 1 aromatic carbocycles. The lowest BCUT2D eigenvalue weighted by atomic mass is 10.0. The highest BCUT2D eigenvalue weighted by atomic mass is 16.5. The zero-order chi connectivity index (χ0) is 18.6. The first kappa shape index (κ1) is 17.6. The molecule has 9 heteroatoms. The van der Waals surface area contributed by atoms with E-state index in [2.05, 4.69) is 20.3 Å². The van der Waals surface area contributed by atoms with E-state index in [-0.39, 0.29) is 18.5 Å². The van der Waals surface area contributed by atoms with Crippen molar-refractivity contribution in [3.63, 3.8) is 0 Å². The average Bonchev–Trinajstić information content (AvgIpc) is 3.32. The summed E-state index contributed by atoms with van der Waals surface area (Å²) in [5.74, 6) is 1.05. The van der Waals surface area contributed by atoms with Gasteiger partial charge in [-0.05, 0) is 31.4 Å². The normalized spacial score (nSPS) is 17.5. The highest BCUT2D eigenvalue weighted by Crippen LogP contribution is 2.30. The van der Waals surface area contributed by atoms with Gasteiger partial charge in [0.25, 0.3) is 0 Å². The van der Waals surface area contributed by atoms with Gasteiger partial charge in [0.15, 0.2) is 5.82 Å². The Morgan fingerprint density at radius 1 is 1.26 bits per heavy atom. The molecule has 0 N–H and O–H groups in total. The van der Waals surface area contributed by atoms with Crippen molar-refractivity contribution in [1.82, 2.24) is 30.0 Å². The number of amides is 1. The zero-order valence-electron chi connectivity index (χ0n) is 15.2. The quantitative estimate of drug-likeness (QED) is 0.652. The first-order chi connectivity index (χ1) is 13.2. The molecule has 142 valence electrons. The summed E-state index contributed by atoms with van der Waals surface area (Å²) in [4.78, 5) is 20.6. The van der Waals surface area contributed by atoms with Gasteiger partial charge in [0.05, 0.1) is 6.61 Å². The third kappa shape index (κ3) is 3.82. The molecule has 1 fully saturated rings. The van der Waals surface area contributed by atoms with Crippen molar-refractivity contribution in [2.45, 2.75) is 38.3 Å². The first-order valence-corrected chi connectivity index (χ1v) is 9.15. The number of nitrogens with zero attached hydrogens (tertiary/aromatic N) is 6. The van der Waals surface area contributed by atoms with Crippen LogP contribution < -0.4 is 0 Å². The fourth-order valence-electron chi connectivity index (χ4n) is 3.37. The minimum atomic E-state index is -0.194. The van der Waals surface area contributed by atoms with Crippen molar-refractivity contribution < 1.29 is 14.1 Å². The van der Waals surface area contributed by atoms with E-state index in [1.807, 2.05) is 29.2 Å². The number of piperidine rings is 1. The van der Waals surface area contributed by atoms with E-state index < -0.39 is 0 Å². The highest BCUT2D eigenvalue weighted by molar-refractivity contribution is 5.77. The number of benzene rings is 1. The fourth-order valence-corrected chi connectivity index (χ4v) is 3.37. The van der Waals surface area contributed by atoms with E-state index >= 15 is 0 Å². The molecular formula is C18H22N6O3. The molecule has 0 unspecified atom stereocenters. The van der Waals surface area contributed by atoms with Gasteiger partial charge in [-0.25, -0.2) is 0 Å². The van der Waals surface area contributed by atoms with Gasteiger partial charge in [-0.2, -0.15) is 20.0 Å². The highest BCUT2D eigenvalue weighted by Gasteiger charge is 2.32. The van der Waals surface area contributed by atoms with Crippen LogP contribution in [0.15, 0.2) is 28.8 Å². The Labute approximate surface area is 156 Å². The molecule has 3 heterocycles. The summed E-state index contributed by atoms with van der Waals surface area (Å²) in [6.45, 7) is 1.29. The second-order valence-electron chi connectivity index (χ2n) is 6.61. The van der Waals surface area contributed by atoms with Gasteiger partial charge >= 0.3 is 0 Å². The van der Waals surface area contributed by atoms with Crippen LogP contribution in [0, 0.1) is 0 Å². The fraction of sp³-hybridized carbons (Fsp3) is 0.500. The first-order valence-electron chi connectivity index (χ1n) is 9.15. The molecular weight excluding hydrogens is 348 g/mol. The van der Waals surface area contributed by atoms with Crippen LogP contribution in [0.25, 0.3) is 11.0 Å². The van der Waals surface area contributed by atoms with Crippen LogP contribution >= 0.6 is 0 Å². The molecule has 1 amide bonds. The van der Waals surface area contributed by atoms with Gasteiger partial charge in [0, 0.05) is 20.1 Å². The Morgan fingerprint density at radius 3 is 2.78 bits per heavy atom. The van der Waals surface area contributed by atoms with Gasteiger partial charge in [0.2, 0.25) is 11.8 Å². The standard InChI is InChI=1S/C18H22N6O3/c1-26-11-9-16-19-18(27-22-16)15-8-4-5-10-23(15)17(25)12-24-20-13-6-2-3-7-14(13)21-24/h2-3,6-7,15H,4-5,8-12H2,1H3/t15-/m0/s1.